The number of para-hydroxylation sites is 1. The monoisotopic (exact) mass is 676 g/mol. The highest BCUT2D eigenvalue weighted by molar-refractivity contribution is 7.80. The van der Waals surface area contributed by atoms with Gasteiger partial charge in [-0.05, 0) is 73.2 Å². The van der Waals surface area contributed by atoms with Crippen LogP contribution in [0.4, 0.5) is 29.4 Å². The fourth-order valence-electron chi connectivity index (χ4n) is 6.21. The highest BCUT2D eigenvalue weighted by Crippen LogP contribution is 2.37. The molecule has 13 nitrogen and oxygen atoms in total. The molecule has 3 aromatic carbocycles. The molecule has 1 atom stereocenters. The zero-order chi connectivity index (χ0) is 33.2. The number of hydrogen-bond donors (Lipinski definition) is 3. The molecule has 5 heterocycles. The van der Waals surface area contributed by atoms with E-state index in [0.717, 1.165) is 71.7 Å². The van der Waals surface area contributed by atoms with E-state index in [1.165, 1.54) is 0 Å². The summed E-state index contributed by atoms with van der Waals surface area (Å²) in [6, 6.07) is 25.6. The summed E-state index contributed by atoms with van der Waals surface area (Å²) in [7, 11) is 0. The van der Waals surface area contributed by atoms with Crippen molar-refractivity contribution in [3.05, 3.63) is 95.7 Å². The normalized spacial score (nSPS) is 17.6. The molecule has 2 saturated heterocycles. The quantitative estimate of drug-likeness (QED) is 0.192. The fourth-order valence-corrected chi connectivity index (χ4v) is 6.42. The van der Waals surface area contributed by atoms with Crippen LogP contribution in [0.15, 0.2) is 78.9 Å². The van der Waals surface area contributed by atoms with Gasteiger partial charge < -0.3 is 40.0 Å². The Labute approximate surface area is 289 Å². The Morgan fingerprint density at radius 1 is 0.796 bits per heavy atom. The molecule has 1 unspecified atom stereocenters. The van der Waals surface area contributed by atoms with Crippen LogP contribution < -0.4 is 30.5 Å². The molecule has 3 N–H and O–H groups in total. The van der Waals surface area contributed by atoms with Gasteiger partial charge in [-0.1, -0.05) is 30.3 Å². The molecule has 0 bridgehead atoms. The van der Waals surface area contributed by atoms with E-state index >= 15 is 0 Å². The number of nitrogens with one attached hydrogen (secondary N) is 3. The van der Waals surface area contributed by atoms with E-state index in [9.17, 15) is 0 Å². The first-order chi connectivity index (χ1) is 24.1. The number of aryl methyl sites for hydroxylation is 1. The maximum atomic E-state index is 6.13. The third kappa shape index (κ3) is 6.70. The van der Waals surface area contributed by atoms with Gasteiger partial charge in [-0.3, -0.25) is 0 Å². The van der Waals surface area contributed by atoms with Gasteiger partial charge in [0.1, 0.15) is 17.3 Å². The Morgan fingerprint density at radius 3 is 2.12 bits per heavy atom. The number of thiocarbonyl (C=S) groups is 1. The molecule has 14 heteroatoms. The van der Waals surface area contributed by atoms with Gasteiger partial charge in [-0.2, -0.15) is 20.1 Å². The number of fused-ring (bicyclic) bond motifs is 1. The molecule has 8 rings (SSSR count). The lowest BCUT2D eigenvalue weighted by Gasteiger charge is -2.30. The minimum atomic E-state index is -0.206. The summed E-state index contributed by atoms with van der Waals surface area (Å²) >= 11 is 5.68. The van der Waals surface area contributed by atoms with E-state index < -0.39 is 0 Å². The summed E-state index contributed by atoms with van der Waals surface area (Å²) in [6.07, 6.45) is 0. The molecule has 3 aliphatic heterocycles. The number of anilines is 5. The van der Waals surface area contributed by atoms with Crippen LogP contribution in [0.5, 0.6) is 11.5 Å². The molecule has 0 amide bonds. The lowest BCUT2D eigenvalue weighted by atomic mass is 9.97. The van der Waals surface area contributed by atoms with Crippen molar-refractivity contribution in [3.63, 3.8) is 0 Å². The largest absolute Gasteiger partial charge is 0.457 e. The minimum Gasteiger partial charge on any atom is -0.457 e. The van der Waals surface area contributed by atoms with Gasteiger partial charge in [-0.25, -0.2) is 4.68 Å². The molecule has 0 spiro atoms. The van der Waals surface area contributed by atoms with Gasteiger partial charge in [0.05, 0.1) is 43.9 Å². The average molecular weight is 677 g/mol. The second-order valence-corrected chi connectivity index (χ2v) is 12.3. The van der Waals surface area contributed by atoms with Crippen LogP contribution in [0.3, 0.4) is 0 Å². The lowest BCUT2D eigenvalue weighted by molar-refractivity contribution is 0.121. The first-order valence-electron chi connectivity index (χ1n) is 16.4. The minimum absolute atomic E-state index is 0.206. The molecule has 0 aliphatic carbocycles. The van der Waals surface area contributed by atoms with Crippen molar-refractivity contribution in [3.8, 4) is 17.2 Å². The predicted octanol–water partition coefficient (Wildman–Crippen LogP) is 4.96. The number of nitrogens with zero attached hydrogens (tertiary/aromatic N) is 7. The molecule has 0 radical (unpaired) electrons. The van der Waals surface area contributed by atoms with Crippen LogP contribution in [0.25, 0.3) is 5.69 Å². The number of ether oxygens (including phenoxy) is 3. The first kappa shape index (κ1) is 31.0. The van der Waals surface area contributed by atoms with E-state index in [2.05, 4.69) is 31.8 Å². The van der Waals surface area contributed by atoms with E-state index in [1.54, 1.807) is 0 Å². The van der Waals surface area contributed by atoms with Crippen LogP contribution in [-0.2, 0) is 9.47 Å². The summed E-state index contributed by atoms with van der Waals surface area (Å²) in [4.78, 5) is 18.7. The fraction of sp³-hybridized carbons (Fsp3) is 0.286. The molecular weight excluding hydrogens is 641 g/mol. The number of morpholine rings is 2. The molecule has 2 fully saturated rings. The second kappa shape index (κ2) is 13.7. The summed E-state index contributed by atoms with van der Waals surface area (Å²) in [5.74, 6) is 4.11. The number of benzene rings is 3. The molecule has 0 saturated carbocycles. The standard InChI is InChI=1S/C35H36N10O3S/c1-23-29-30(24-6-5-9-28(22-24)48-27-7-3-2-4-8-27)37-35(49)38-31(29)45(42-23)26-12-10-25(11-13-26)36-32-39-33(43-14-18-46-19-15-43)41-34(40-32)44-16-20-47-21-17-44/h2-13,22,30H,14-21H2,1H3,(H2,37,38,49)(H,36,39,40,41). The van der Waals surface area contributed by atoms with E-state index in [4.69, 9.17) is 46.5 Å². The topological polar surface area (TPSA) is 127 Å². The van der Waals surface area contributed by atoms with E-state index in [0.29, 0.717) is 49.4 Å². The molecule has 3 aliphatic rings. The number of aromatic nitrogens is 5. The van der Waals surface area contributed by atoms with Gasteiger partial charge >= 0.3 is 0 Å². The van der Waals surface area contributed by atoms with Crippen molar-refractivity contribution in [2.24, 2.45) is 0 Å². The first-order valence-corrected chi connectivity index (χ1v) is 16.8. The summed E-state index contributed by atoms with van der Waals surface area (Å²) < 4.78 is 19.1. The Balaban J connectivity index is 1.05. The third-order valence-corrected chi connectivity index (χ3v) is 8.86. The SMILES string of the molecule is Cc1nn(-c2ccc(Nc3nc(N4CCOCC4)nc(N4CCOCC4)n3)cc2)c2c1C(c1cccc(Oc3ccccc3)c1)NC(=S)N2. The van der Waals surface area contributed by atoms with Crippen LogP contribution in [0.1, 0.15) is 22.9 Å². The number of rotatable bonds is 8. The maximum absolute atomic E-state index is 6.13. The second-order valence-electron chi connectivity index (χ2n) is 11.9. The highest BCUT2D eigenvalue weighted by Gasteiger charge is 2.31. The molecular formula is C35H36N10O3S. The van der Waals surface area contributed by atoms with Crippen LogP contribution in [0, 0.1) is 6.92 Å². The maximum Gasteiger partial charge on any atom is 0.233 e. The smallest absolute Gasteiger partial charge is 0.233 e. The zero-order valence-corrected chi connectivity index (χ0v) is 27.8. The summed E-state index contributed by atoms with van der Waals surface area (Å²) in [5, 5.41) is 15.7. The highest BCUT2D eigenvalue weighted by atomic mass is 32.1. The molecule has 49 heavy (non-hydrogen) atoms. The van der Waals surface area contributed by atoms with Crippen LogP contribution in [-0.4, -0.2) is 82.5 Å². The Morgan fingerprint density at radius 2 is 1.45 bits per heavy atom. The Bertz CT molecular complexity index is 1910. The van der Waals surface area contributed by atoms with Crippen molar-refractivity contribution >= 4 is 46.7 Å². The van der Waals surface area contributed by atoms with Crippen LogP contribution in [0.2, 0.25) is 0 Å². The zero-order valence-electron chi connectivity index (χ0n) is 27.0. The lowest BCUT2D eigenvalue weighted by Crippen LogP contribution is -2.40. The Hall–Kier alpha value is -5.31. The van der Waals surface area contributed by atoms with Crippen molar-refractivity contribution in [2.45, 2.75) is 13.0 Å². The van der Waals surface area contributed by atoms with Crippen molar-refractivity contribution in [2.75, 3.05) is 73.0 Å². The van der Waals surface area contributed by atoms with E-state index in [-0.39, 0.29) is 6.04 Å². The average Bonchev–Trinajstić information content (AvgIpc) is 3.48. The molecule has 5 aromatic rings. The van der Waals surface area contributed by atoms with Gasteiger partial charge in [0.15, 0.2) is 5.11 Å². The number of hydrogen-bond acceptors (Lipinski definition) is 11. The van der Waals surface area contributed by atoms with Gasteiger partial charge in [-0.15, -0.1) is 0 Å². The molecule has 2 aromatic heterocycles. The predicted molar refractivity (Wildman–Crippen MR) is 192 cm³/mol. The Kier molecular flexibility index (Phi) is 8.64. The third-order valence-electron chi connectivity index (χ3n) is 8.64. The van der Waals surface area contributed by atoms with Gasteiger partial charge in [0, 0.05) is 37.4 Å². The van der Waals surface area contributed by atoms with Crippen molar-refractivity contribution in [1.29, 1.82) is 0 Å². The van der Waals surface area contributed by atoms with E-state index in [1.807, 2.05) is 84.4 Å². The van der Waals surface area contributed by atoms with Gasteiger partial charge in [0.25, 0.3) is 0 Å². The van der Waals surface area contributed by atoms with Crippen molar-refractivity contribution in [1.82, 2.24) is 30.0 Å². The summed E-state index contributed by atoms with van der Waals surface area (Å²) in [6.45, 7) is 7.51. The molecule has 250 valence electrons. The summed E-state index contributed by atoms with van der Waals surface area (Å²) in [5.41, 5.74) is 4.64. The van der Waals surface area contributed by atoms with Crippen molar-refractivity contribution < 1.29 is 14.2 Å². The van der Waals surface area contributed by atoms with Crippen LogP contribution >= 0.6 is 12.2 Å². The van der Waals surface area contributed by atoms with Gasteiger partial charge in [0.2, 0.25) is 17.8 Å².